The molecule has 0 spiro atoms. The van der Waals surface area contributed by atoms with E-state index in [4.69, 9.17) is 9.47 Å². The number of ether oxygens (including phenoxy) is 2. The number of rotatable bonds is 7. The highest BCUT2D eigenvalue weighted by molar-refractivity contribution is 6.09. The van der Waals surface area contributed by atoms with Crippen molar-refractivity contribution in [1.82, 2.24) is 0 Å². The minimum absolute atomic E-state index is 0.132. The number of benzene rings is 4. The Labute approximate surface area is 211 Å². The van der Waals surface area contributed by atoms with Crippen molar-refractivity contribution in [2.45, 2.75) is 26.2 Å². The number of hydrogen-bond donors (Lipinski definition) is 2. The van der Waals surface area contributed by atoms with Crippen molar-refractivity contribution in [2.75, 3.05) is 24.4 Å². The molecule has 0 saturated heterocycles. The molecule has 184 valence electrons. The van der Waals surface area contributed by atoms with Crippen molar-refractivity contribution in [3.63, 3.8) is 0 Å². The summed E-state index contributed by atoms with van der Waals surface area (Å²) in [7, 11) is 1.55. The molecule has 0 aliphatic carbocycles. The first-order valence-electron chi connectivity index (χ1n) is 11.8. The Morgan fingerprint density at radius 3 is 2.06 bits per heavy atom. The summed E-state index contributed by atoms with van der Waals surface area (Å²) < 4.78 is 11.3. The van der Waals surface area contributed by atoms with Crippen LogP contribution in [-0.2, 0) is 10.2 Å². The Bertz CT molecular complexity index is 1410. The second kappa shape index (κ2) is 10.5. The van der Waals surface area contributed by atoms with Crippen LogP contribution in [0.1, 0.15) is 36.7 Å². The van der Waals surface area contributed by atoms with Gasteiger partial charge in [0.15, 0.2) is 6.61 Å². The third kappa shape index (κ3) is 5.66. The van der Waals surface area contributed by atoms with E-state index in [-0.39, 0.29) is 23.8 Å². The summed E-state index contributed by atoms with van der Waals surface area (Å²) in [5.74, 6) is 0.195. The van der Waals surface area contributed by atoms with Crippen LogP contribution in [0.4, 0.5) is 11.4 Å². The Balaban J connectivity index is 1.58. The zero-order valence-corrected chi connectivity index (χ0v) is 20.9. The van der Waals surface area contributed by atoms with Crippen molar-refractivity contribution in [3.05, 3.63) is 96.1 Å². The number of amides is 2. The van der Waals surface area contributed by atoms with Gasteiger partial charge in [-0.05, 0) is 52.1 Å². The van der Waals surface area contributed by atoms with Crippen LogP contribution in [0.5, 0.6) is 11.5 Å². The summed E-state index contributed by atoms with van der Waals surface area (Å²) in [6, 6.07) is 26.1. The van der Waals surface area contributed by atoms with Gasteiger partial charge in [-0.15, -0.1) is 0 Å². The molecule has 4 rings (SSSR count). The molecule has 0 saturated carbocycles. The fourth-order valence-electron chi connectivity index (χ4n) is 4.03. The van der Waals surface area contributed by atoms with Gasteiger partial charge in [0.1, 0.15) is 11.5 Å². The van der Waals surface area contributed by atoms with Crippen molar-refractivity contribution in [2.24, 2.45) is 0 Å². The van der Waals surface area contributed by atoms with Crippen LogP contribution in [0.2, 0.25) is 0 Å². The standard InChI is InChI=1S/C30H30N2O4/c1-30(2,3)23-13-7-8-14-24(23)31-28(33)19-36-27-18-21-12-6-5-11-20(21)17-22(27)29(34)32-25-15-9-10-16-26(25)35-4/h5-18H,19H2,1-4H3,(H,31,33)(H,32,34). The normalized spacial score (nSPS) is 11.1. The second-order valence-corrected chi connectivity index (χ2v) is 9.48. The van der Waals surface area contributed by atoms with Gasteiger partial charge in [-0.1, -0.05) is 75.4 Å². The fourth-order valence-corrected chi connectivity index (χ4v) is 4.03. The first-order chi connectivity index (χ1) is 17.3. The quantitative estimate of drug-likeness (QED) is 0.319. The highest BCUT2D eigenvalue weighted by Gasteiger charge is 2.20. The molecule has 0 radical (unpaired) electrons. The molecule has 4 aromatic rings. The van der Waals surface area contributed by atoms with Crippen LogP contribution in [0.3, 0.4) is 0 Å². The Kier molecular flexibility index (Phi) is 7.25. The Morgan fingerprint density at radius 2 is 1.36 bits per heavy atom. The highest BCUT2D eigenvalue weighted by atomic mass is 16.5. The monoisotopic (exact) mass is 482 g/mol. The third-order valence-electron chi connectivity index (χ3n) is 5.82. The molecule has 4 aromatic carbocycles. The van der Waals surface area contributed by atoms with E-state index in [1.165, 1.54) is 0 Å². The second-order valence-electron chi connectivity index (χ2n) is 9.48. The average Bonchev–Trinajstić information content (AvgIpc) is 2.87. The summed E-state index contributed by atoms with van der Waals surface area (Å²) in [5, 5.41) is 7.63. The Hall–Kier alpha value is -4.32. The van der Waals surface area contributed by atoms with E-state index >= 15 is 0 Å². The summed E-state index contributed by atoms with van der Waals surface area (Å²) in [4.78, 5) is 26.1. The first kappa shape index (κ1) is 24.8. The molecule has 2 amide bonds. The van der Waals surface area contributed by atoms with Gasteiger partial charge in [0.25, 0.3) is 11.8 Å². The summed E-state index contributed by atoms with van der Waals surface area (Å²) in [5.41, 5.74) is 2.50. The lowest BCUT2D eigenvalue weighted by atomic mass is 9.86. The molecule has 0 aromatic heterocycles. The molecular weight excluding hydrogens is 452 g/mol. The van der Waals surface area contributed by atoms with E-state index in [1.807, 2.05) is 60.7 Å². The van der Waals surface area contributed by atoms with Crippen molar-refractivity contribution in [3.8, 4) is 11.5 Å². The smallest absolute Gasteiger partial charge is 0.262 e. The van der Waals surface area contributed by atoms with Gasteiger partial charge >= 0.3 is 0 Å². The van der Waals surface area contributed by atoms with Crippen LogP contribution in [0.15, 0.2) is 84.9 Å². The molecule has 0 aliphatic rings. The molecular formula is C30H30N2O4. The maximum absolute atomic E-state index is 13.3. The Morgan fingerprint density at radius 1 is 0.750 bits per heavy atom. The zero-order valence-electron chi connectivity index (χ0n) is 20.9. The first-order valence-corrected chi connectivity index (χ1v) is 11.8. The predicted octanol–water partition coefficient (Wildman–Crippen LogP) is 6.42. The largest absolute Gasteiger partial charge is 0.495 e. The van der Waals surface area contributed by atoms with E-state index in [1.54, 1.807) is 31.4 Å². The lowest BCUT2D eigenvalue weighted by Crippen LogP contribution is -2.24. The van der Waals surface area contributed by atoms with Crippen LogP contribution in [0, 0.1) is 0 Å². The molecule has 0 heterocycles. The molecule has 6 nitrogen and oxygen atoms in total. The number of anilines is 2. The lowest BCUT2D eigenvalue weighted by molar-refractivity contribution is -0.118. The van der Waals surface area contributed by atoms with Gasteiger partial charge in [-0.3, -0.25) is 9.59 Å². The van der Waals surface area contributed by atoms with Gasteiger partial charge in [0, 0.05) is 5.69 Å². The average molecular weight is 483 g/mol. The van der Waals surface area contributed by atoms with E-state index in [9.17, 15) is 9.59 Å². The van der Waals surface area contributed by atoms with Gasteiger partial charge in [-0.25, -0.2) is 0 Å². The van der Waals surface area contributed by atoms with E-state index in [0.29, 0.717) is 22.7 Å². The maximum Gasteiger partial charge on any atom is 0.262 e. The van der Waals surface area contributed by atoms with E-state index in [2.05, 4.69) is 31.4 Å². The van der Waals surface area contributed by atoms with Gasteiger partial charge in [0.2, 0.25) is 0 Å². The highest BCUT2D eigenvalue weighted by Crippen LogP contribution is 2.31. The predicted molar refractivity (Wildman–Crippen MR) is 144 cm³/mol. The van der Waals surface area contributed by atoms with Crippen LogP contribution in [-0.4, -0.2) is 25.5 Å². The van der Waals surface area contributed by atoms with Crippen LogP contribution in [0.25, 0.3) is 10.8 Å². The van der Waals surface area contributed by atoms with Gasteiger partial charge < -0.3 is 20.1 Å². The minimum Gasteiger partial charge on any atom is -0.495 e. The molecule has 0 fully saturated rings. The summed E-state index contributed by atoms with van der Waals surface area (Å²) in [6.07, 6.45) is 0. The number of carbonyl (C=O) groups is 2. The molecule has 0 aliphatic heterocycles. The fraction of sp³-hybridized carbons (Fsp3) is 0.200. The third-order valence-corrected chi connectivity index (χ3v) is 5.82. The topological polar surface area (TPSA) is 76.7 Å². The van der Waals surface area contributed by atoms with Crippen molar-refractivity contribution in [1.29, 1.82) is 0 Å². The molecule has 2 N–H and O–H groups in total. The van der Waals surface area contributed by atoms with E-state index < -0.39 is 0 Å². The zero-order chi connectivity index (χ0) is 25.7. The number of para-hydroxylation sites is 3. The minimum atomic E-state index is -0.362. The number of hydrogen-bond acceptors (Lipinski definition) is 4. The molecule has 0 unspecified atom stereocenters. The summed E-state index contributed by atoms with van der Waals surface area (Å²) >= 11 is 0. The molecule has 0 bridgehead atoms. The summed E-state index contributed by atoms with van der Waals surface area (Å²) in [6.45, 7) is 6.04. The number of carbonyl (C=O) groups excluding carboxylic acids is 2. The van der Waals surface area contributed by atoms with Crippen LogP contribution >= 0.6 is 0 Å². The van der Waals surface area contributed by atoms with Crippen molar-refractivity contribution < 1.29 is 19.1 Å². The van der Waals surface area contributed by atoms with E-state index in [0.717, 1.165) is 22.0 Å². The number of fused-ring (bicyclic) bond motifs is 1. The van der Waals surface area contributed by atoms with Gasteiger partial charge in [-0.2, -0.15) is 0 Å². The van der Waals surface area contributed by atoms with Crippen molar-refractivity contribution >= 4 is 34.0 Å². The molecule has 6 heteroatoms. The van der Waals surface area contributed by atoms with Crippen LogP contribution < -0.4 is 20.1 Å². The SMILES string of the molecule is COc1ccccc1NC(=O)c1cc2ccccc2cc1OCC(=O)Nc1ccccc1C(C)(C)C. The number of nitrogens with one attached hydrogen (secondary N) is 2. The lowest BCUT2D eigenvalue weighted by Gasteiger charge is -2.23. The van der Waals surface area contributed by atoms with Gasteiger partial charge in [0.05, 0.1) is 18.4 Å². The molecule has 0 atom stereocenters. The molecule has 36 heavy (non-hydrogen) atoms. The number of methoxy groups -OCH3 is 1. The maximum atomic E-state index is 13.3.